The topological polar surface area (TPSA) is 72.5 Å². The van der Waals surface area contributed by atoms with Crippen molar-refractivity contribution in [2.75, 3.05) is 6.54 Å². The first kappa shape index (κ1) is 17.6. The Morgan fingerprint density at radius 2 is 1.81 bits per heavy atom. The van der Waals surface area contributed by atoms with Crippen LogP contribution in [0.5, 0.6) is 0 Å². The van der Waals surface area contributed by atoms with Gasteiger partial charge in [0.25, 0.3) is 0 Å². The molecule has 0 aliphatic carbocycles. The van der Waals surface area contributed by atoms with Crippen molar-refractivity contribution in [2.45, 2.75) is 44.1 Å². The van der Waals surface area contributed by atoms with Crippen LogP contribution >= 0.6 is 0 Å². The van der Waals surface area contributed by atoms with Gasteiger partial charge in [-0.2, -0.15) is 0 Å². The summed E-state index contributed by atoms with van der Waals surface area (Å²) in [5.74, 6) is -0.873. The molecule has 0 fully saturated rings. The molecule has 1 N–H and O–H groups in total. The quantitative estimate of drug-likeness (QED) is 0.645. The van der Waals surface area contributed by atoms with Crippen LogP contribution in [0.4, 0.5) is 4.39 Å². The third kappa shape index (κ3) is 6.68. The van der Waals surface area contributed by atoms with Crippen LogP contribution in [-0.4, -0.2) is 26.5 Å². The van der Waals surface area contributed by atoms with Crippen LogP contribution in [0.1, 0.15) is 33.6 Å². The molecule has 0 unspecified atom stereocenters. The number of rotatable bonds is 6. The van der Waals surface area contributed by atoms with E-state index >= 15 is 0 Å². The van der Waals surface area contributed by atoms with E-state index in [1.807, 2.05) is 0 Å². The second-order valence-corrected chi connectivity index (χ2v) is 7.31. The van der Waals surface area contributed by atoms with Gasteiger partial charge >= 0.3 is 5.97 Å². The largest absolute Gasteiger partial charge is 0.460 e. The fraction of sp³-hybridized carbons (Fsp3) is 0.500. The molecule has 7 heteroatoms. The minimum absolute atomic E-state index is 0.0128. The van der Waals surface area contributed by atoms with Crippen LogP contribution in [0.25, 0.3) is 0 Å². The molecule has 0 saturated heterocycles. The van der Waals surface area contributed by atoms with Crippen molar-refractivity contribution in [3.8, 4) is 0 Å². The van der Waals surface area contributed by atoms with Crippen molar-refractivity contribution in [1.29, 1.82) is 0 Å². The number of carbonyl (C=O) groups is 1. The van der Waals surface area contributed by atoms with Crippen molar-refractivity contribution in [3.05, 3.63) is 30.1 Å². The van der Waals surface area contributed by atoms with Crippen molar-refractivity contribution in [2.24, 2.45) is 0 Å². The van der Waals surface area contributed by atoms with Crippen LogP contribution in [0.3, 0.4) is 0 Å². The van der Waals surface area contributed by atoms with Crippen LogP contribution in [0.2, 0.25) is 0 Å². The summed E-state index contributed by atoms with van der Waals surface area (Å²) in [4.78, 5) is 11.4. The van der Waals surface area contributed by atoms with Gasteiger partial charge in [-0.25, -0.2) is 17.5 Å². The van der Waals surface area contributed by atoms with Gasteiger partial charge in [0.05, 0.1) is 4.90 Å². The van der Waals surface area contributed by atoms with Gasteiger partial charge in [-0.1, -0.05) is 0 Å². The highest BCUT2D eigenvalue weighted by atomic mass is 32.2. The Balaban J connectivity index is 2.41. The zero-order valence-corrected chi connectivity index (χ0v) is 13.2. The summed E-state index contributed by atoms with van der Waals surface area (Å²) in [6.07, 6.45) is 0.457. The highest BCUT2D eigenvalue weighted by molar-refractivity contribution is 7.89. The van der Waals surface area contributed by atoms with Crippen molar-refractivity contribution < 1.29 is 22.3 Å². The number of sulfonamides is 1. The molecule has 0 aliphatic heterocycles. The standard InChI is InChI=1S/C14H20FNO4S/c1-14(2,3)20-13(17)5-4-10-16-21(18,19)12-8-6-11(15)7-9-12/h6-9,16H,4-5,10H2,1-3H3. The molecule has 0 radical (unpaired) electrons. The minimum Gasteiger partial charge on any atom is -0.460 e. The first-order valence-corrected chi connectivity index (χ1v) is 8.05. The number of hydrogen-bond acceptors (Lipinski definition) is 4. The average molecular weight is 317 g/mol. The molecule has 0 aromatic heterocycles. The van der Waals surface area contributed by atoms with Gasteiger partial charge in [-0.3, -0.25) is 4.79 Å². The number of halogens is 1. The maximum absolute atomic E-state index is 12.7. The van der Waals surface area contributed by atoms with Gasteiger partial charge in [0.15, 0.2) is 0 Å². The van der Waals surface area contributed by atoms with Gasteiger partial charge in [0, 0.05) is 13.0 Å². The zero-order valence-electron chi connectivity index (χ0n) is 12.3. The Kier molecular flexibility index (Phi) is 5.86. The number of hydrogen-bond donors (Lipinski definition) is 1. The van der Waals surface area contributed by atoms with Crippen LogP contribution in [-0.2, 0) is 19.6 Å². The SMILES string of the molecule is CC(C)(C)OC(=O)CCCNS(=O)(=O)c1ccc(F)cc1. The maximum atomic E-state index is 12.7. The number of ether oxygens (including phenoxy) is 1. The Hall–Kier alpha value is -1.47. The highest BCUT2D eigenvalue weighted by Crippen LogP contribution is 2.11. The van der Waals surface area contributed by atoms with Crippen LogP contribution in [0.15, 0.2) is 29.2 Å². The average Bonchev–Trinajstić information content (AvgIpc) is 2.33. The summed E-state index contributed by atoms with van der Waals surface area (Å²) in [6, 6.07) is 4.53. The summed E-state index contributed by atoms with van der Waals surface area (Å²) in [7, 11) is -3.68. The number of nitrogens with one attached hydrogen (secondary N) is 1. The highest BCUT2D eigenvalue weighted by Gasteiger charge is 2.17. The Morgan fingerprint density at radius 3 is 2.33 bits per heavy atom. The fourth-order valence-corrected chi connectivity index (χ4v) is 2.60. The van der Waals surface area contributed by atoms with E-state index in [2.05, 4.69) is 4.72 Å². The van der Waals surface area contributed by atoms with Gasteiger partial charge in [-0.15, -0.1) is 0 Å². The molecule has 1 aromatic carbocycles. The lowest BCUT2D eigenvalue weighted by Crippen LogP contribution is -2.27. The van der Waals surface area contributed by atoms with Gasteiger partial charge in [0.2, 0.25) is 10.0 Å². The number of esters is 1. The molecular weight excluding hydrogens is 297 g/mol. The van der Waals surface area contributed by atoms with E-state index in [1.54, 1.807) is 20.8 Å². The molecule has 21 heavy (non-hydrogen) atoms. The lowest BCUT2D eigenvalue weighted by molar-refractivity contribution is -0.154. The Labute approximate surface area is 124 Å². The second-order valence-electron chi connectivity index (χ2n) is 5.54. The number of carbonyl (C=O) groups excluding carboxylic acids is 1. The predicted molar refractivity (Wildman–Crippen MR) is 76.7 cm³/mol. The molecule has 1 rings (SSSR count). The van der Waals surface area contributed by atoms with Crippen molar-refractivity contribution in [1.82, 2.24) is 4.72 Å². The third-order valence-corrected chi connectivity index (χ3v) is 3.87. The van der Waals surface area contributed by atoms with Gasteiger partial charge in [-0.05, 0) is 51.5 Å². The molecule has 0 heterocycles. The molecule has 0 amide bonds. The molecule has 118 valence electrons. The third-order valence-electron chi connectivity index (χ3n) is 2.39. The second kappa shape index (κ2) is 7.00. The summed E-state index contributed by atoms with van der Waals surface area (Å²) in [5, 5.41) is 0. The Bertz CT molecular complexity index is 576. The van der Waals surface area contributed by atoms with E-state index in [1.165, 1.54) is 12.1 Å². The van der Waals surface area contributed by atoms with Crippen LogP contribution in [0, 0.1) is 5.82 Å². The zero-order chi connectivity index (χ0) is 16.1. The van der Waals surface area contributed by atoms with E-state index in [-0.39, 0.29) is 23.8 Å². The molecule has 0 atom stereocenters. The first-order valence-electron chi connectivity index (χ1n) is 6.57. The fourth-order valence-electron chi connectivity index (χ4n) is 1.53. The monoisotopic (exact) mass is 317 g/mol. The Morgan fingerprint density at radius 1 is 1.24 bits per heavy atom. The molecular formula is C14H20FNO4S. The summed E-state index contributed by atoms with van der Waals surface area (Å²) in [6.45, 7) is 5.41. The molecule has 0 bridgehead atoms. The summed E-state index contributed by atoms with van der Waals surface area (Å²) < 4.78 is 43.9. The van der Waals surface area contributed by atoms with Crippen LogP contribution < -0.4 is 4.72 Å². The molecule has 5 nitrogen and oxygen atoms in total. The number of benzene rings is 1. The maximum Gasteiger partial charge on any atom is 0.306 e. The normalized spacial score (nSPS) is 12.2. The van der Waals surface area contributed by atoms with Gasteiger partial charge < -0.3 is 4.74 Å². The predicted octanol–water partition coefficient (Wildman–Crippen LogP) is 2.23. The smallest absolute Gasteiger partial charge is 0.306 e. The van der Waals surface area contributed by atoms with E-state index in [0.717, 1.165) is 12.1 Å². The van der Waals surface area contributed by atoms with E-state index in [0.29, 0.717) is 6.42 Å². The van der Waals surface area contributed by atoms with Crippen molar-refractivity contribution in [3.63, 3.8) is 0 Å². The summed E-state index contributed by atoms with van der Waals surface area (Å²) >= 11 is 0. The lowest BCUT2D eigenvalue weighted by Gasteiger charge is -2.19. The molecule has 1 aromatic rings. The first-order chi connectivity index (χ1) is 9.60. The van der Waals surface area contributed by atoms with E-state index < -0.39 is 21.4 Å². The molecule has 0 aliphatic rings. The van der Waals surface area contributed by atoms with Gasteiger partial charge in [0.1, 0.15) is 11.4 Å². The van der Waals surface area contributed by atoms with Crippen molar-refractivity contribution >= 4 is 16.0 Å². The molecule has 0 saturated carbocycles. The van der Waals surface area contributed by atoms with E-state index in [4.69, 9.17) is 4.74 Å². The van der Waals surface area contributed by atoms with E-state index in [9.17, 15) is 17.6 Å². The summed E-state index contributed by atoms with van der Waals surface area (Å²) in [5.41, 5.74) is -0.551. The minimum atomic E-state index is -3.68. The lowest BCUT2D eigenvalue weighted by atomic mass is 10.2. The molecule has 0 spiro atoms.